The molecule has 3 fully saturated rings. The number of carbonyl (C=O) groups excluding carboxylic acids is 1. The maximum Gasteiger partial charge on any atom is 0.236 e. The van der Waals surface area contributed by atoms with Crippen LogP contribution in [0.2, 0.25) is 0 Å². The molecule has 2 aliphatic heterocycles. The summed E-state index contributed by atoms with van der Waals surface area (Å²) in [6, 6.07) is 13.2. The highest BCUT2D eigenvalue weighted by Gasteiger charge is 2.53. The number of fused-ring (bicyclic) bond motifs is 1. The smallest absolute Gasteiger partial charge is 0.236 e. The zero-order valence-electron chi connectivity index (χ0n) is 21.7. The Labute approximate surface area is 219 Å². The summed E-state index contributed by atoms with van der Waals surface area (Å²) < 4.78 is 11.2. The van der Waals surface area contributed by atoms with E-state index in [2.05, 4.69) is 53.5 Å². The summed E-state index contributed by atoms with van der Waals surface area (Å²) in [5.74, 6) is 1.49. The van der Waals surface area contributed by atoms with Crippen molar-refractivity contribution in [3.8, 4) is 0 Å². The molecule has 4 aliphatic rings. The minimum Gasteiger partial charge on any atom is -0.469 e. The largest absolute Gasteiger partial charge is 0.469 e. The quantitative estimate of drug-likeness (QED) is 0.489. The topological polar surface area (TPSA) is 63.7 Å². The van der Waals surface area contributed by atoms with Gasteiger partial charge in [0.15, 0.2) is 6.79 Å². The molecule has 1 aromatic carbocycles. The number of aryl methyl sites for hydroxylation is 1. The van der Waals surface area contributed by atoms with Crippen molar-refractivity contribution in [2.45, 2.75) is 70.4 Å². The van der Waals surface area contributed by atoms with E-state index >= 15 is 0 Å². The number of benzene rings is 1. The van der Waals surface area contributed by atoms with Crippen molar-refractivity contribution in [1.82, 2.24) is 9.88 Å². The van der Waals surface area contributed by atoms with Gasteiger partial charge in [-0.1, -0.05) is 56.2 Å². The number of pyridine rings is 1. The predicted molar refractivity (Wildman–Crippen MR) is 144 cm³/mol. The third kappa shape index (κ3) is 4.85. The van der Waals surface area contributed by atoms with Gasteiger partial charge in [0.25, 0.3) is 0 Å². The van der Waals surface area contributed by atoms with Gasteiger partial charge in [-0.3, -0.25) is 9.69 Å². The molecule has 0 spiro atoms. The molecule has 1 saturated carbocycles. The first-order valence-corrected chi connectivity index (χ1v) is 13.9. The minimum atomic E-state index is -0.473. The van der Waals surface area contributed by atoms with Crippen LogP contribution in [0.4, 0.5) is 5.82 Å². The molecular weight excluding hydrogens is 462 g/mol. The molecule has 6 nitrogen and oxygen atoms in total. The molecule has 2 atom stereocenters. The first-order chi connectivity index (χ1) is 18.2. The van der Waals surface area contributed by atoms with Gasteiger partial charge in [0.1, 0.15) is 17.7 Å². The zero-order valence-corrected chi connectivity index (χ0v) is 21.7. The molecule has 6 rings (SSSR count). The van der Waals surface area contributed by atoms with Gasteiger partial charge in [0.05, 0.1) is 11.5 Å². The number of allylic oxidation sites excluding steroid dienone is 1. The second kappa shape index (κ2) is 10.4. The number of likely N-dealkylation sites (tertiary alicyclic amines) is 1. The van der Waals surface area contributed by atoms with E-state index in [4.69, 9.17) is 14.5 Å². The van der Waals surface area contributed by atoms with Crippen LogP contribution in [0.15, 0.2) is 66.1 Å². The molecule has 3 heterocycles. The number of nitrogens with zero attached hydrogens (tertiary/aromatic N) is 2. The molecule has 194 valence electrons. The number of rotatable bonds is 8. The van der Waals surface area contributed by atoms with Crippen LogP contribution in [0.5, 0.6) is 0 Å². The number of carbonyl (C=O) groups is 1. The predicted octanol–water partition coefficient (Wildman–Crippen LogP) is 5.92. The van der Waals surface area contributed by atoms with E-state index in [1.165, 1.54) is 36.0 Å². The fourth-order valence-corrected chi connectivity index (χ4v) is 6.17. The van der Waals surface area contributed by atoms with Crippen molar-refractivity contribution < 1.29 is 14.3 Å². The number of amides is 1. The molecule has 2 aliphatic carbocycles. The van der Waals surface area contributed by atoms with E-state index in [0.717, 1.165) is 56.5 Å². The maximum absolute atomic E-state index is 13.4. The van der Waals surface area contributed by atoms with Gasteiger partial charge in [-0.2, -0.15) is 0 Å². The second-order valence-electron chi connectivity index (χ2n) is 10.8. The molecule has 1 aromatic heterocycles. The van der Waals surface area contributed by atoms with Crippen LogP contribution < -0.4 is 5.32 Å². The van der Waals surface area contributed by atoms with E-state index in [-0.39, 0.29) is 18.1 Å². The van der Waals surface area contributed by atoms with Crippen LogP contribution in [-0.2, 0) is 20.7 Å². The lowest BCUT2D eigenvalue weighted by molar-refractivity contribution is -0.119. The summed E-state index contributed by atoms with van der Waals surface area (Å²) in [5, 5.41) is 3.11. The number of anilines is 1. The lowest BCUT2D eigenvalue weighted by Crippen LogP contribution is -2.35. The van der Waals surface area contributed by atoms with Crippen LogP contribution in [-0.4, -0.2) is 41.8 Å². The van der Waals surface area contributed by atoms with E-state index in [1.54, 1.807) is 0 Å². The van der Waals surface area contributed by atoms with Crippen LogP contribution in [0, 0.1) is 5.41 Å². The minimum absolute atomic E-state index is 0.00660. The van der Waals surface area contributed by atoms with Gasteiger partial charge in [-0.05, 0) is 86.0 Å². The molecule has 0 bridgehead atoms. The average Bonchev–Trinajstić information content (AvgIpc) is 3.62. The summed E-state index contributed by atoms with van der Waals surface area (Å²) in [6.07, 6.45) is 14.6. The summed E-state index contributed by atoms with van der Waals surface area (Å²) in [4.78, 5) is 20.7. The Bertz CT molecular complexity index is 1190. The van der Waals surface area contributed by atoms with Crippen molar-refractivity contribution >= 4 is 11.7 Å². The monoisotopic (exact) mass is 499 g/mol. The number of piperidine rings is 1. The number of hydrogen-bond donors (Lipinski definition) is 1. The van der Waals surface area contributed by atoms with Crippen molar-refractivity contribution in [2.75, 3.05) is 25.2 Å². The zero-order chi connectivity index (χ0) is 25.2. The molecule has 37 heavy (non-hydrogen) atoms. The molecule has 2 saturated heterocycles. The maximum atomic E-state index is 13.4. The lowest BCUT2D eigenvalue weighted by atomic mass is 9.89. The summed E-state index contributed by atoms with van der Waals surface area (Å²) in [6.45, 7) is 4.75. The Hall–Kier alpha value is -2.96. The number of ether oxygens (including phenoxy) is 2. The first kappa shape index (κ1) is 24.4. The van der Waals surface area contributed by atoms with Crippen molar-refractivity contribution in [1.29, 1.82) is 0 Å². The van der Waals surface area contributed by atoms with Crippen LogP contribution in [0.1, 0.15) is 74.6 Å². The Morgan fingerprint density at radius 1 is 1.16 bits per heavy atom. The highest BCUT2D eigenvalue weighted by atomic mass is 16.7. The third-order valence-electron chi connectivity index (χ3n) is 8.37. The van der Waals surface area contributed by atoms with E-state index in [9.17, 15) is 4.79 Å². The van der Waals surface area contributed by atoms with Gasteiger partial charge in [0, 0.05) is 6.20 Å². The van der Waals surface area contributed by atoms with E-state index in [0.29, 0.717) is 12.6 Å². The highest BCUT2D eigenvalue weighted by Crippen LogP contribution is 2.54. The van der Waals surface area contributed by atoms with E-state index < -0.39 is 5.41 Å². The Balaban J connectivity index is 1.22. The number of aromatic nitrogens is 1. The van der Waals surface area contributed by atoms with Crippen molar-refractivity contribution in [2.24, 2.45) is 5.41 Å². The standard InChI is InChI=1S/C31H37N3O3/c1-2-8-22-9-4-5-10-25(22)29(34-17-6-3-7-18-34)23-11-14-28(32-20-23)33-30(35)31(15-16-31)24-12-13-26-27(19-24)37-21-36-26/h4-5,9-12,14,19-20,26,29H,2-3,6-8,13,15-18,21H2,1H3,(H,32,33,35). The van der Waals surface area contributed by atoms with Gasteiger partial charge in [-0.25, -0.2) is 4.98 Å². The molecule has 6 heteroatoms. The molecular formula is C31H37N3O3. The number of hydrogen-bond acceptors (Lipinski definition) is 5. The van der Waals surface area contributed by atoms with Crippen LogP contribution in [0.3, 0.4) is 0 Å². The fourth-order valence-electron chi connectivity index (χ4n) is 6.17. The lowest BCUT2D eigenvalue weighted by Gasteiger charge is -2.36. The van der Waals surface area contributed by atoms with Crippen molar-refractivity contribution in [3.05, 3.63) is 82.8 Å². The van der Waals surface area contributed by atoms with E-state index in [1.807, 2.05) is 18.3 Å². The first-order valence-electron chi connectivity index (χ1n) is 13.9. The van der Waals surface area contributed by atoms with Gasteiger partial charge < -0.3 is 14.8 Å². The summed E-state index contributed by atoms with van der Waals surface area (Å²) in [7, 11) is 0. The Morgan fingerprint density at radius 3 is 2.76 bits per heavy atom. The fraction of sp³-hybridized carbons (Fsp3) is 0.484. The number of nitrogens with one attached hydrogen (secondary N) is 1. The van der Waals surface area contributed by atoms with Crippen molar-refractivity contribution in [3.63, 3.8) is 0 Å². The molecule has 0 radical (unpaired) electrons. The average molecular weight is 500 g/mol. The molecule has 1 N–H and O–H groups in total. The second-order valence-corrected chi connectivity index (χ2v) is 10.8. The molecule has 2 aromatic rings. The van der Waals surface area contributed by atoms with Gasteiger partial charge in [0.2, 0.25) is 5.91 Å². The van der Waals surface area contributed by atoms with Crippen LogP contribution >= 0.6 is 0 Å². The third-order valence-corrected chi connectivity index (χ3v) is 8.37. The normalized spacial score (nSPS) is 23.3. The van der Waals surface area contributed by atoms with Gasteiger partial charge >= 0.3 is 0 Å². The molecule has 2 unspecified atom stereocenters. The molecule has 1 amide bonds. The van der Waals surface area contributed by atoms with Gasteiger partial charge in [-0.15, -0.1) is 0 Å². The van der Waals surface area contributed by atoms with Crippen LogP contribution in [0.25, 0.3) is 0 Å². The highest BCUT2D eigenvalue weighted by molar-refractivity contribution is 5.99. The SMILES string of the molecule is CCCc1ccccc1C(c1ccc(NC(=O)C2(C3=CCC4OCOC4=C3)CC2)nc1)N1CCCCC1. The Morgan fingerprint density at radius 2 is 2.00 bits per heavy atom. The summed E-state index contributed by atoms with van der Waals surface area (Å²) in [5.41, 5.74) is 4.57. The summed E-state index contributed by atoms with van der Waals surface area (Å²) >= 11 is 0. The Kier molecular flexibility index (Phi) is 6.87.